The van der Waals surface area contributed by atoms with Crippen molar-refractivity contribution in [2.45, 2.75) is 58.1 Å². The number of carbonyl (C=O) groups excluding carboxylic acids is 1. The topological polar surface area (TPSA) is 56.3 Å². The third kappa shape index (κ3) is 5.92. The van der Waals surface area contributed by atoms with Gasteiger partial charge < -0.3 is 24.5 Å². The van der Waals surface area contributed by atoms with Crippen molar-refractivity contribution in [3.63, 3.8) is 0 Å². The van der Waals surface area contributed by atoms with Crippen LogP contribution in [0.3, 0.4) is 0 Å². The number of aliphatic hydroxyl groups excluding tert-OH is 1. The molecule has 3 rings (SSSR count). The van der Waals surface area contributed by atoms with Crippen LogP contribution in [0.4, 0.5) is 5.69 Å². The number of anilines is 1. The molecule has 6 nitrogen and oxygen atoms in total. The van der Waals surface area contributed by atoms with Gasteiger partial charge in [0.1, 0.15) is 11.9 Å². The highest BCUT2D eigenvalue weighted by Gasteiger charge is 2.33. The Labute approximate surface area is 188 Å². The number of nitrogens with zero attached hydrogens (tertiary/aromatic N) is 3. The summed E-state index contributed by atoms with van der Waals surface area (Å²) in [6, 6.07) is 5.61. The quantitative estimate of drug-likeness (QED) is 0.716. The Hall–Kier alpha value is -1.79. The molecule has 1 aromatic rings. The zero-order valence-corrected chi connectivity index (χ0v) is 20.0. The van der Waals surface area contributed by atoms with Crippen molar-refractivity contribution < 1.29 is 14.6 Å². The molecule has 0 radical (unpaired) electrons. The van der Waals surface area contributed by atoms with Crippen LogP contribution in [-0.4, -0.2) is 80.3 Å². The van der Waals surface area contributed by atoms with E-state index >= 15 is 0 Å². The lowest BCUT2D eigenvalue weighted by atomic mass is 9.89. The summed E-state index contributed by atoms with van der Waals surface area (Å²) < 4.78 is 6.51. The maximum absolute atomic E-state index is 13.4. The number of likely N-dealkylation sites (N-methyl/N-ethyl adjacent to an activating group) is 1. The van der Waals surface area contributed by atoms with Crippen molar-refractivity contribution in [3.8, 4) is 5.75 Å². The number of amides is 1. The molecule has 1 aliphatic carbocycles. The summed E-state index contributed by atoms with van der Waals surface area (Å²) in [4.78, 5) is 19.6. The summed E-state index contributed by atoms with van der Waals surface area (Å²) in [5.41, 5.74) is 1.55. The number of ether oxygens (including phenoxy) is 1. The summed E-state index contributed by atoms with van der Waals surface area (Å²) in [5, 5.41) is 9.80. The van der Waals surface area contributed by atoms with E-state index in [1.165, 1.54) is 32.1 Å². The van der Waals surface area contributed by atoms with Gasteiger partial charge in [-0.2, -0.15) is 0 Å². The number of benzene rings is 1. The lowest BCUT2D eigenvalue weighted by molar-refractivity contribution is 0.0330. The fourth-order valence-electron chi connectivity index (χ4n) is 4.90. The molecule has 1 amide bonds. The van der Waals surface area contributed by atoms with E-state index in [9.17, 15) is 9.90 Å². The van der Waals surface area contributed by atoms with E-state index in [1.54, 1.807) is 0 Å². The van der Waals surface area contributed by atoms with Crippen molar-refractivity contribution in [1.82, 2.24) is 9.80 Å². The molecule has 0 aromatic heterocycles. The Balaban J connectivity index is 1.84. The first-order chi connectivity index (χ1) is 14.8. The van der Waals surface area contributed by atoms with E-state index in [4.69, 9.17) is 4.74 Å². The van der Waals surface area contributed by atoms with Gasteiger partial charge in [-0.05, 0) is 50.9 Å². The van der Waals surface area contributed by atoms with Crippen molar-refractivity contribution >= 4 is 11.6 Å². The van der Waals surface area contributed by atoms with Gasteiger partial charge in [0.25, 0.3) is 5.91 Å². The normalized spacial score (nSPS) is 23.7. The number of hydrogen-bond donors (Lipinski definition) is 1. The van der Waals surface area contributed by atoms with Gasteiger partial charge >= 0.3 is 0 Å². The van der Waals surface area contributed by atoms with Gasteiger partial charge in [-0.15, -0.1) is 0 Å². The molecule has 0 spiro atoms. The molecular formula is C25H41N3O3. The molecule has 0 bridgehead atoms. The van der Waals surface area contributed by atoms with Crippen LogP contribution in [0.1, 0.15) is 56.3 Å². The molecule has 6 heteroatoms. The maximum Gasteiger partial charge on any atom is 0.258 e. The SMILES string of the molecule is C[C@H]1CN([C@@H](C)CO)C(=O)c2cc(N(C)C)ccc2O[C@@H]1CN(C)CC1CCCCC1. The van der Waals surface area contributed by atoms with Crippen LogP contribution in [0.2, 0.25) is 0 Å². The fraction of sp³-hybridized carbons (Fsp3) is 0.720. The van der Waals surface area contributed by atoms with Crippen molar-refractivity contribution in [2.75, 3.05) is 52.3 Å². The highest BCUT2D eigenvalue weighted by atomic mass is 16.5. The first kappa shape index (κ1) is 23.9. The number of hydrogen-bond acceptors (Lipinski definition) is 5. The third-order valence-electron chi connectivity index (χ3n) is 6.95. The lowest BCUT2D eigenvalue weighted by Crippen LogP contribution is -2.50. The van der Waals surface area contributed by atoms with Gasteiger partial charge in [0.15, 0.2) is 0 Å². The van der Waals surface area contributed by atoms with Crippen LogP contribution < -0.4 is 9.64 Å². The first-order valence-electron chi connectivity index (χ1n) is 11.9. The van der Waals surface area contributed by atoms with Crippen LogP contribution in [-0.2, 0) is 0 Å². The summed E-state index contributed by atoms with van der Waals surface area (Å²) >= 11 is 0. The molecule has 0 unspecified atom stereocenters. The first-order valence-corrected chi connectivity index (χ1v) is 11.9. The Morgan fingerprint density at radius 1 is 1.16 bits per heavy atom. The van der Waals surface area contributed by atoms with Crippen LogP contribution >= 0.6 is 0 Å². The molecule has 174 valence electrons. The zero-order valence-electron chi connectivity index (χ0n) is 20.0. The molecule has 1 fully saturated rings. The molecule has 2 aliphatic rings. The molecule has 31 heavy (non-hydrogen) atoms. The second-order valence-electron chi connectivity index (χ2n) is 9.92. The average Bonchev–Trinajstić information content (AvgIpc) is 2.75. The van der Waals surface area contributed by atoms with E-state index in [0.717, 1.165) is 24.7 Å². The minimum absolute atomic E-state index is 0.0148. The predicted octanol–water partition coefficient (Wildman–Crippen LogP) is 3.48. The minimum Gasteiger partial charge on any atom is -0.488 e. The summed E-state index contributed by atoms with van der Waals surface area (Å²) in [6.45, 7) is 6.54. The van der Waals surface area contributed by atoms with Crippen molar-refractivity contribution in [1.29, 1.82) is 0 Å². The van der Waals surface area contributed by atoms with Crippen LogP contribution in [0, 0.1) is 11.8 Å². The lowest BCUT2D eigenvalue weighted by Gasteiger charge is -2.39. The molecule has 1 heterocycles. The number of carbonyl (C=O) groups is 1. The predicted molar refractivity (Wildman–Crippen MR) is 126 cm³/mol. The van der Waals surface area contributed by atoms with Gasteiger partial charge in [-0.1, -0.05) is 26.2 Å². The van der Waals surface area contributed by atoms with Crippen LogP contribution in [0.15, 0.2) is 18.2 Å². The summed E-state index contributed by atoms with van der Waals surface area (Å²) in [7, 11) is 6.13. The number of rotatable bonds is 7. The molecule has 0 saturated heterocycles. The third-order valence-corrected chi connectivity index (χ3v) is 6.95. The zero-order chi connectivity index (χ0) is 22.5. The van der Waals surface area contributed by atoms with Crippen molar-refractivity contribution in [3.05, 3.63) is 23.8 Å². The van der Waals surface area contributed by atoms with Gasteiger partial charge in [0, 0.05) is 45.3 Å². The minimum atomic E-state index is -0.232. The smallest absolute Gasteiger partial charge is 0.258 e. The van der Waals surface area contributed by atoms with Crippen LogP contribution in [0.5, 0.6) is 5.75 Å². The highest BCUT2D eigenvalue weighted by Crippen LogP contribution is 2.31. The fourth-order valence-corrected chi connectivity index (χ4v) is 4.90. The van der Waals surface area contributed by atoms with Gasteiger partial charge in [-0.25, -0.2) is 0 Å². The molecular weight excluding hydrogens is 390 g/mol. The van der Waals surface area contributed by atoms with Crippen molar-refractivity contribution in [2.24, 2.45) is 11.8 Å². The molecule has 1 aliphatic heterocycles. The largest absolute Gasteiger partial charge is 0.488 e. The number of aliphatic hydroxyl groups is 1. The summed E-state index contributed by atoms with van der Waals surface area (Å²) in [5.74, 6) is 1.52. The van der Waals surface area contributed by atoms with Gasteiger partial charge in [-0.3, -0.25) is 4.79 Å². The van der Waals surface area contributed by atoms with E-state index in [1.807, 2.05) is 49.0 Å². The standard InChI is InChI=1S/C25H41N3O3/c1-18-14-28(19(2)17-29)25(30)22-13-21(26(3)4)11-12-23(22)31-24(18)16-27(5)15-20-9-7-6-8-10-20/h11-13,18-20,24,29H,6-10,14-17H2,1-5H3/t18-,19-,24+/m0/s1. The van der Waals surface area contributed by atoms with E-state index < -0.39 is 0 Å². The monoisotopic (exact) mass is 431 g/mol. The highest BCUT2D eigenvalue weighted by molar-refractivity contribution is 5.98. The Morgan fingerprint density at radius 2 is 1.87 bits per heavy atom. The molecule has 1 saturated carbocycles. The van der Waals surface area contributed by atoms with Gasteiger partial charge in [0.2, 0.25) is 0 Å². The molecule has 1 aromatic carbocycles. The van der Waals surface area contributed by atoms with Gasteiger partial charge in [0.05, 0.1) is 18.2 Å². The van der Waals surface area contributed by atoms with E-state index in [0.29, 0.717) is 17.9 Å². The Morgan fingerprint density at radius 3 is 2.52 bits per heavy atom. The van der Waals surface area contributed by atoms with Crippen LogP contribution in [0.25, 0.3) is 0 Å². The molecule has 1 N–H and O–H groups in total. The maximum atomic E-state index is 13.4. The van der Waals surface area contributed by atoms with E-state index in [-0.39, 0.29) is 30.6 Å². The second-order valence-corrected chi connectivity index (χ2v) is 9.92. The number of fused-ring (bicyclic) bond motifs is 1. The second kappa shape index (κ2) is 10.7. The average molecular weight is 432 g/mol. The molecule has 3 atom stereocenters. The Bertz CT molecular complexity index is 733. The summed E-state index contributed by atoms with van der Waals surface area (Å²) in [6.07, 6.45) is 6.73. The van der Waals surface area contributed by atoms with E-state index in [2.05, 4.69) is 18.9 Å². The Kier molecular flexibility index (Phi) is 8.23.